The molecule has 2 rings (SSSR count). The van der Waals surface area contributed by atoms with Crippen molar-refractivity contribution < 1.29 is 14.6 Å². The van der Waals surface area contributed by atoms with E-state index < -0.39 is 6.10 Å². The van der Waals surface area contributed by atoms with E-state index in [1.54, 1.807) is 13.0 Å². The first kappa shape index (κ1) is 17.8. The Morgan fingerprint density at radius 2 is 2.09 bits per heavy atom. The molecule has 2 unspecified atom stereocenters. The maximum atomic E-state index is 12.8. The van der Waals surface area contributed by atoms with Gasteiger partial charge in [-0.25, -0.2) is 0 Å². The Bertz CT molecular complexity index is 533. The number of benzene rings is 1. The van der Waals surface area contributed by atoms with Crippen molar-refractivity contribution in [1.29, 1.82) is 0 Å². The molecule has 1 aromatic carbocycles. The minimum absolute atomic E-state index is 0.0335. The number of aliphatic hydroxyl groups is 1. The summed E-state index contributed by atoms with van der Waals surface area (Å²) in [5.41, 5.74) is 0.779. The molecule has 5 nitrogen and oxygen atoms in total. The fraction of sp³-hybridized carbons (Fsp3) is 0.611. The lowest BCUT2D eigenvalue weighted by Gasteiger charge is -2.43. The van der Waals surface area contributed by atoms with Crippen molar-refractivity contribution in [3.8, 4) is 5.75 Å². The quantitative estimate of drug-likeness (QED) is 0.898. The van der Waals surface area contributed by atoms with Crippen molar-refractivity contribution >= 4 is 5.91 Å². The molecule has 0 spiro atoms. The van der Waals surface area contributed by atoms with Crippen LogP contribution in [0.4, 0.5) is 0 Å². The number of hydrogen-bond acceptors (Lipinski definition) is 4. The van der Waals surface area contributed by atoms with Gasteiger partial charge in [0.2, 0.25) is 0 Å². The summed E-state index contributed by atoms with van der Waals surface area (Å²) in [5.74, 6) is 1.06. The van der Waals surface area contributed by atoms with Crippen molar-refractivity contribution in [2.45, 2.75) is 39.5 Å². The van der Waals surface area contributed by atoms with E-state index in [-0.39, 0.29) is 18.6 Å². The molecule has 0 radical (unpaired) electrons. The minimum atomic E-state index is -0.534. The summed E-state index contributed by atoms with van der Waals surface area (Å²) < 4.78 is 5.81. The molecule has 1 N–H and O–H groups in total. The van der Waals surface area contributed by atoms with Crippen LogP contribution in [0.3, 0.4) is 0 Å². The number of hydrogen-bond donors (Lipinski definition) is 1. The zero-order valence-corrected chi connectivity index (χ0v) is 14.5. The molecule has 128 valence electrons. The van der Waals surface area contributed by atoms with Crippen LogP contribution in [0, 0.1) is 5.92 Å². The highest BCUT2D eigenvalue weighted by atomic mass is 16.5. The van der Waals surface area contributed by atoms with Crippen LogP contribution in [0.1, 0.15) is 26.3 Å². The van der Waals surface area contributed by atoms with Gasteiger partial charge in [-0.1, -0.05) is 26.0 Å². The maximum absolute atomic E-state index is 12.8. The molecule has 0 saturated carbocycles. The van der Waals surface area contributed by atoms with Crippen LogP contribution in [0.15, 0.2) is 24.3 Å². The lowest BCUT2D eigenvalue weighted by Crippen LogP contribution is -2.58. The normalized spacial score (nSPS) is 20.6. The van der Waals surface area contributed by atoms with Gasteiger partial charge in [-0.2, -0.15) is 0 Å². The Labute approximate surface area is 138 Å². The van der Waals surface area contributed by atoms with Gasteiger partial charge in [-0.15, -0.1) is 0 Å². The van der Waals surface area contributed by atoms with Gasteiger partial charge in [0.05, 0.1) is 6.61 Å². The average Bonchev–Trinajstić information content (AvgIpc) is 2.54. The first-order valence-electron chi connectivity index (χ1n) is 8.28. The summed E-state index contributed by atoms with van der Waals surface area (Å²) in [4.78, 5) is 17.0. The molecule has 1 aromatic rings. The van der Waals surface area contributed by atoms with Crippen LogP contribution < -0.4 is 4.74 Å². The van der Waals surface area contributed by atoms with Crippen molar-refractivity contribution in [2.24, 2.45) is 5.92 Å². The number of ether oxygens (including phenoxy) is 1. The lowest BCUT2D eigenvalue weighted by molar-refractivity contribution is -0.144. The van der Waals surface area contributed by atoms with E-state index in [1.807, 2.05) is 23.1 Å². The van der Waals surface area contributed by atoms with E-state index in [4.69, 9.17) is 4.74 Å². The first-order valence-corrected chi connectivity index (χ1v) is 8.28. The molecule has 23 heavy (non-hydrogen) atoms. The molecule has 2 atom stereocenters. The molecule has 0 aromatic heterocycles. The van der Waals surface area contributed by atoms with Crippen molar-refractivity contribution in [1.82, 2.24) is 9.80 Å². The van der Waals surface area contributed by atoms with Gasteiger partial charge in [0.15, 0.2) is 6.10 Å². The second-order valence-electron chi connectivity index (χ2n) is 6.67. The van der Waals surface area contributed by atoms with Crippen molar-refractivity contribution in [2.75, 3.05) is 26.7 Å². The predicted octanol–water partition coefficient (Wildman–Crippen LogP) is 1.74. The van der Waals surface area contributed by atoms with Crippen LogP contribution in [0.5, 0.6) is 5.75 Å². The monoisotopic (exact) mass is 320 g/mol. The summed E-state index contributed by atoms with van der Waals surface area (Å²) in [7, 11) is 2.09. The summed E-state index contributed by atoms with van der Waals surface area (Å²) in [6, 6.07) is 7.45. The van der Waals surface area contributed by atoms with E-state index in [1.165, 1.54) is 0 Å². The van der Waals surface area contributed by atoms with Crippen LogP contribution in [0.2, 0.25) is 0 Å². The zero-order valence-electron chi connectivity index (χ0n) is 14.5. The van der Waals surface area contributed by atoms with Gasteiger partial charge in [0.25, 0.3) is 5.91 Å². The molecule has 1 amide bonds. The number of aliphatic hydroxyl groups excluding tert-OH is 1. The first-order chi connectivity index (χ1) is 10.9. The predicted molar refractivity (Wildman–Crippen MR) is 90.3 cm³/mol. The van der Waals surface area contributed by atoms with Crippen LogP contribution >= 0.6 is 0 Å². The number of piperazine rings is 1. The van der Waals surface area contributed by atoms with Gasteiger partial charge in [0.1, 0.15) is 5.75 Å². The summed E-state index contributed by atoms with van der Waals surface area (Å²) >= 11 is 0. The number of carbonyl (C=O) groups is 1. The molecule has 5 heteroatoms. The third kappa shape index (κ3) is 4.45. The summed E-state index contributed by atoms with van der Waals surface area (Å²) in [6.45, 7) is 8.60. The maximum Gasteiger partial charge on any atom is 0.263 e. The highest BCUT2D eigenvalue weighted by Gasteiger charge is 2.33. The van der Waals surface area contributed by atoms with Gasteiger partial charge < -0.3 is 19.6 Å². The summed E-state index contributed by atoms with van der Waals surface area (Å²) in [6.07, 6.45) is -0.534. The van der Waals surface area contributed by atoms with E-state index in [0.717, 1.165) is 25.2 Å². The highest BCUT2D eigenvalue weighted by molar-refractivity contribution is 5.81. The Hall–Kier alpha value is -1.59. The van der Waals surface area contributed by atoms with Crippen LogP contribution in [0.25, 0.3) is 0 Å². The second-order valence-corrected chi connectivity index (χ2v) is 6.67. The van der Waals surface area contributed by atoms with Crippen molar-refractivity contribution in [3.63, 3.8) is 0 Å². The highest BCUT2D eigenvalue weighted by Crippen LogP contribution is 2.20. The molecule has 0 bridgehead atoms. The summed E-state index contributed by atoms with van der Waals surface area (Å²) in [5, 5.41) is 9.19. The third-order valence-electron chi connectivity index (χ3n) is 4.42. The number of carbonyl (C=O) groups excluding carboxylic acids is 1. The lowest BCUT2D eigenvalue weighted by atomic mass is 9.99. The van der Waals surface area contributed by atoms with Gasteiger partial charge in [-0.3, -0.25) is 4.79 Å². The molecule has 1 saturated heterocycles. The Morgan fingerprint density at radius 3 is 2.74 bits per heavy atom. The third-order valence-corrected chi connectivity index (χ3v) is 4.42. The molecular weight excluding hydrogens is 292 g/mol. The van der Waals surface area contributed by atoms with E-state index in [2.05, 4.69) is 25.8 Å². The molecular formula is C18H28N2O3. The number of likely N-dealkylation sites (N-methyl/N-ethyl adjacent to an activating group) is 1. The fourth-order valence-corrected chi connectivity index (χ4v) is 3.00. The zero-order chi connectivity index (χ0) is 17.0. The molecule has 1 aliphatic rings. The standard InChI is InChI=1S/C18H28N2O3/c1-13(2)17-11-19(4)8-9-20(17)18(22)14(3)23-16-7-5-6-15(10-16)12-21/h5-7,10,13-14,17,21H,8-9,11-12H2,1-4H3. The van der Waals surface area contributed by atoms with E-state index in [0.29, 0.717) is 11.7 Å². The van der Waals surface area contributed by atoms with E-state index >= 15 is 0 Å². The topological polar surface area (TPSA) is 53.0 Å². The Morgan fingerprint density at radius 1 is 1.35 bits per heavy atom. The van der Waals surface area contributed by atoms with Crippen LogP contribution in [-0.4, -0.2) is 59.6 Å². The van der Waals surface area contributed by atoms with Gasteiger partial charge >= 0.3 is 0 Å². The Kier molecular flexibility index (Phi) is 6.02. The van der Waals surface area contributed by atoms with Gasteiger partial charge in [0, 0.05) is 25.7 Å². The smallest absolute Gasteiger partial charge is 0.263 e. The second kappa shape index (κ2) is 7.79. The van der Waals surface area contributed by atoms with E-state index in [9.17, 15) is 9.90 Å². The number of rotatable bonds is 5. The molecule has 0 aliphatic carbocycles. The SMILES string of the molecule is CC(Oc1cccc(CO)c1)C(=O)N1CCN(C)CC1C(C)C. The van der Waals surface area contributed by atoms with Crippen molar-refractivity contribution in [3.05, 3.63) is 29.8 Å². The number of amides is 1. The molecule has 1 aliphatic heterocycles. The fourth-order valence-electron chi connectivity index (χ4n) is 3.00. The van der Waals surface area contributed by atoms with Crippen LogP contribution in [-0.2, 0) is 11.4 Å². The largest absolute Gasteiger partial charge is 0.481 e. The molecule has 1 heterocycles. The average molecular weight is 320 g/mol. The molecule has 1 fully saturated rings. The van der Waals surface area contributed by atoms with Gasteiger partial charge in [-0.05, 0) is 37.6 Å². The minimum Gasteiger partial charge on any atom is -0.481 e. The number of nitrogens with zero attached hydrogens (tertiary/aromatic N) is 2. The Balaban J connectivity index is 2.05.